The van der Waals surface area contributed by atoms with E-state index >= 15 is 0 Å². The number of fused-ring (bicyclic) bond motifs is 1. The molecule has 0 saturated carbocycles. The standard InChI is InChI=1S/C14H11BrClN3/c15-11-3-1-2-10(6-11)9-19-13-4-5-17-8-12(13)18-14(19)7-16/h1-6,8H,7,9H2. The summed E-state index contributed by atoms with van der Waals surface area (Å²) >= 11 is 9.48. The zero-order valence-electron chi connectivity index (χ0n) is 10.1. The summed E-state index contributed by atoms with van der Waals surface area (Å²) in [5.41, 5.74) is 3.15. The van der Waals surface area contributed by atoms with Crippen LogP contribution in [0.2, 0.25) is 0 Å². The van der Waals surface area contributed by atoms with E-state index in [1.165, 1.54) is 5.56 Å². The molecule has 0 spiro atoms. The summed E-state index contributed by atoms with van der Waals surface area (Å²) < 4.78 is 3.20. The van der Waals surface area contributed by atoms with Gasteiger partial charge in [-0.25, -0.2) is 4.98 Å². The number of rotatable bonds is 3. The van der Waals surface area contributed by atoms with Crippen molar-refractivity contribution in [1.82, 2.24) is 14.5 Å². The Balaban J connectivity index is 2.08. The van der Waals surface area contributed by atoms with Gasteiger partial charge in [0.1, 0.15) is 11.3 Å². The molecular weight excluding hydrogens is 326 g/mol. The second-order valence-electron chi connectivity index (χ2n) is 4.24. The third-order valence-electron chi connectivity index (χ3n) is 2.98. The second kappa shape index (κ2) is 5.31. The lowest BCUT2D eigenvalue weighted by molar-refractivity contribution is 0.778. The van der Waals surface area contributed by atoms with E-state index in [1.54, 1.807) is 12.4 Å². The van der Waals surface area contributed by atoms with Crippen molar-refractivity contribution in [2.75, 3.05) is 0 Å². The van der Waals surface area contributed by atoms with Crippen LogP contribution < -0.4 is 0 Å². The number of imidazole rings is 1. The van der Waals surface area contributed by atoms with E-state index in [0.29, 0.717) is 5.88 Å². The first-order valence-corrected chi connectivity index (χ1v) is 7.20. The average Bonchev–Trinajstić information content (AvgIpc) is 2.77. The monoisotopic (exact) mass is 335 g/mol. The van der Waals surface area contributed by atoms with E-state index in [4.69, 9.17) is 11.6 Å². The van der Waals surface area contributed by atoms with Crippen LogP contribution in [0.3, 0.4) is 0 Å². The normalized spacial score (nSPS) is 11.1. The van der Waals surface area contributed by atoms with E-state index in [1.807, 2.05) is 18.2 Å². The van der Waals surface area contributed by atoms with Crippen molar-refractivity contribution < 1.29 is 0 Å². The zero-order valence-corrected chi connectivity index (χ0v) is 12.4. The Morgan fingerprint density at radius 1 is 1.26 bits per heavy atom. The summed E-state index contributed by atoms with van der Waals surface area (Å²) in [6.45, 7) is 0.752. The highest BCUT2D eigenvalue weighted by atomic mass is 79.9. The van der Waals surface area contributed by atoms with Crippen LogP contribution in [0.15, 0.2) is 47.2 Å². The molecule has 0 amide bonds. The summed E-state index contributed by atoms with van der Waals surface area (Å²) in [5, 5.41) is 0. The molecule has 0 atom stereocenters. The average molecular weight is 337 g/mol. The Bertz CT molecular complexity index is 724. The molecule has 19 heavy (non-hydrogen) atoms. The lowest BCUT2D eigenvalue weighted by Crippen LogP contribution is -2.03. The first-order valence-electron chi connectivity index (χ1n) is 5.87. The molecule has 0 aliphatic rings. The van der Waals surface area contributed by atoms with Crippen molar-refractivity contribution in [3.63, 3.8) is 0 Å². The molecule has 3 rings (SSSR count). The highest BCUT2D eigenvalue weighted by Crippen LogP contribution is 2.19. The molecule has 1 aromatic carbocycles. The first kappa shape index (κ1) is 12.6. The van der Waals surface area contributed by atoms with Crippen LogP contribution in [0, 0.1) is 0 Å². The van der Waals surface area contributed by atoms with E-state index in [0.717, 1.165) is 27.9 Å². The van der Waals surface area contributed by atoms with Gasteiger partial charge in [-0.3, -0.25) is 4.98 Å². The maximum atomic E-state index is 5.99. The van der Waals surface area contributed by atoms with Crippen LogP contribution in [-0.4, -0.2) is 14.5 Å². The second-order valence-corrected chi connectivity index (χ2v) is 5.43. The Hall–Kier alpha value is -1.39. The van der Waals surface area contributed by atoms with Crippen LogP contribution >= 0.6 is 27.5 Å². The lowest BCUT2D eigenvalue weighted by atomic mass is 10.2. The number of benzene rings is 1. The van der Waals surface area contributed by atoms with Crippen molar-refractivity contribution in [2.24, 2.45) is 0 Å². The van der Waals surface area contributed by atoms with Gasteiger partial charge in [0, 0.05) is 17.2 Å². The molecule has 0 bridgehead atoms. The van der Waals surface area contributed by atoms with Crippen LogP contribution in [0.25, 0.3) is 11.0 Å². The molecule has 0 radical (unpaired) electrons. The smallest absolute Gasteiger partial charge is 0.125 e. The van der Waals surface area contributed by atoms with Gasteiger partial charge in [0.05, 0.1) is 17.6 Å². The van der Waals surface area contributed by atoms with E-state index in [9.17, 15) is 0 Å². The van der Waals surface area contributed by atoms with Gasteiger partial charge in [-0.15, -0.1) is 11.6 Å². The highest BCUT2D eigenvalue weighted by molar-refractivity contribution is 9.10. The SMILES string of the molecule is ClCc1nc2cnccc2n1Cc1cccc(Br)c1. The van der Waals surface area contributed by atoms with Gasteiger partial charge in [-0.1, -0.05) is 28.1 Å². The third kappa shape index (κ3) is 2.51. The molecule has 3 aromatic rings. The quantitative estimate of drug-likeness (QED) is 0.677. The maximum absolute atomic E-state index is 5.99. The van der Waals surface area contributed by atoms with Crippen LogP contribution in [0.4, 0.5) is 0 Å². The number of hydrogen-bond donors (Lipinski definition) is 0. The van der Waals surface area contributed by atoms with Crippen molar-refractivity contribution >= 4 is 38.6 Å². The zero-order chi connectivity index (χ0) is 13.2. The molecule has 0 unspecified atom stereocenters. The maximum Gasteiger partial charge on any atom is 0.125 e. The van der Waals surface area contributed by atoms with E-state index < -0.39 is 0 Å². The van der Waals surface area contributed by atoms with Crippen molar-refractivity contribution in [2.45, 2.75) is 12.4 Å². The molecule has 2 heterocycles. The van der Waals surface area contributed by atoms with Gasteiger partial charge in [0.2, 0.25) is 0 Å². The summed E-state index contributed by atoms with van der Waals surface area (Å²) in [5.74, 6) is 1.26. The Morgan fingerprint density at radius 2 is 2.16 bits per heavy atom. The molecule has 0 aliphatic heterocycles. The van der Waals surface area contributed by atoms with E-state index in [2.05, 4.69) is 42.6 Å². The van der Waals surface area contributed by atoms with Crippen LogP contribution in [0.1, 0.15) is 11.4 Å². The third-order valence-corrected chi connectivity index (χ3v) is 3.71. The predicted octanol–water partition coefficient (Wildman–Crippen LogP) is 3.98. The van der Waals surface area contributed by atoms with Gasteiger partial charge in [0.25, 0.3) is 0 Å². The predicted molar refractivity (Wildman–Crippen MR) is 80.3 cm³/mol. The molecule has 96 valence electrons. The minimum Gasteiger partial charge on any atom is -0.322 e. The van der Waals surface area contributed by atoms with Crippen LogP contribution in [-0.2, 0) is 12.4 Å². The van der Waals surface area contributed by atoms with Gasteiger partial charge >= 0.3 is 0 Å². The lowest BCUT2D eigenvalue weighted by Gasteiger charge is -2.08. The Labute approximate surface area is 124 Å². The minimum absolute atomic E-state index is 0.392. The molecular formula is C14H11BrClN3. The number of aromatic nitrogens is 3. The fourth-order valence-corrected chi connectivity index (χ4v) is 2.78. The van der Waals surface area contributed by atoms with Crippen molar-refractivity contribution in [3.8, 4) is 0 Å². The molecule has 3 nitrogen and oxygen atoms in total. The fourth-order valence-electron chi connectivity index (χ4n) is 2.13. The summed E-state index contributed by atoms with van der Waals surface area (Å²) in [6, 6.07) is 10.2. The number of alkyl halides is 1. The Morgan fingerprint density at radius 3 is 2.95 bits per heavy atom. The van der Waals surface area contributed by atoms with Gasteiger partial charge in [-0.05, 0) is 23.8 Å². The molecule has 0 aliphatic carbocycles. The number of pyridine rings is 1. The molecule has 0 N–H and O–H groups in total. The summed E-state index contributed by atoms with van der Waals surface area (Å²) in [6.07, 6.45) is 3.54. The molecule has 5 heteroatoms. The van der Waals surface area contributed by atoms with Gasteiger partial charge < -0.3 is 4.57 Å². The fraction of sp³-hybridized carbons (Fsp3) is 0.143. The topological polar surface area (TPSA) is 30.7 Å². The van der Waals surface area contributed by atoms with Gasteiger partial charge in [0.15, 0.2) is 0 Å². The van der Waals surface area contributed by atoms with Gasteiger partial charge in [-0.2, -0.15) is 0 Å². The van der Waals surface area contributed by atoms with E-state index in [-0.39, 0.29) is 0 Å². The van der Waals surface area contributed by atoms with Crippen molar-refractivity contribution in [1.29, 1.82) is 0 Å². The van der Waals surface area contributed by atoms with Crippen molar-refractivity contribution in [3.05, 3.63) is 58.6 Å². The summed E-state index contributed by atoms with van der Waals surface area (Å²) in [4.78, 5) is 8.60. The summed E-state index contributed by atoms with van der Waals surface area (Å²) in [7, 11) is 0. The number of nitrogens with zero attached hydrogens (tertiary/aromatic N) is 3. The largest absolute Gasteiger partial charge is 0.322 e. The number of halogens is 2. The first-order chi connectivity index (χ1) is 9.28. The molecule has 2 aromatic heterocycles. The number of hydrogen-bond acceptors (Lipinski definition) is 2. The Kier molecular flexibility index (Phi) is 3.53. The van der Waals surface area contributed by atoms with Crippen LogP contribution in [0.5, 0.6) is 0 Å². The molecule has 0 saturated heterocycles. The molecule has 0 fully saturated rings. The highest BCUT2D eigenvalue weighted by Gasteiger charge is 2.10. The minimum atomic E-state index is 0.392.